The zero-order valence-electron chi connectivity index (χ0n) is 11.0. The molecule has 1 aromatic carbocycles. The van der Waals surface area contributed by atoms with Gasteiger partial charge in [0.15, 0.2) is 0 Å². The number of nitrogens with one attached hydrogen (secondary N) is 1. The van der Waals surface area contributed by atoms with E-state index in [1.54, 1.807) is 0 Å². The molecule has 1 aromatic rings. The van der Waals surface area contributed by atoms with E-state index >= 15 is 0 Å². The van der Waals surface area contributed by atoms with Gasteiger partial charge in [0, 0.05) is 12.5 Å². The van der Waals surface area contributed by atoms with Gasteiger partial charge in [0.2, 0.25) is 0 Å². The van der Waals surface area contributed by atoms with Crippen LogP contribution in [0.4, 0.5) is 0 Å². The van der Waals surface area contributed by atoms with Crippen molar-refractivity contribution in [3.8, 4) is 0 Å². The van der Waals surface area contributed by atoms with E-state index in [-0.39, 0.29) is 11.9 Å². The Balaban J connectivity index is 2.58. The monoisotopic (exact) mass is 249 g/mol. The first-order valence-electron chi connectivity index (χ1n) is 6.52. The minimum absolute atomic E-state index is 0.110. The van der Waals surface area contributed by atoms with Crippen LogP contribution in [0.5, 0.6) is 0 Å². The minimum atomic E-state index is 0.110. The molecule has 0 saturated heterocycles. The van der Waals surface area contributed by atoms with Gasteiger partial charge >= 0.3 is 0 Å². The van der Waals surface area contributed by atoms with Crippen molar-refractivity contribution in [2.24, 2.45) is 10.9 Å². The molecule has 100 valence electrons. The molecule has 0 spiro atoms. The van der Waals surface area contributed by atoms with E-state index < -0.39 is 0 Å². The Hall–Kier alpha value is -1.55. The lowest BCUT2D eigenvalue weighted by atomic mass is 10.0. The van der Waals surface area contributed by atoms with Crippen LogP contribution >= 0.6 is 0 Å². The van der Waals surface area contributed by atoms with Crippen molar-refractivity contribution < 1.29 is 5.21 Å². The van der Waals surface area contributed by atoms with E-state index in [4.69, 9.17) is 10.9 Å². The molecule has 0 saturated carbocycles. The van der Waals surface area contributed by atoms with Crippen molar-refractivity contribution in [2.45, 2.75) is 38.6 Å². The van der Waals surface area contributed by atoms with Gasteiger partial charge in [-0.1, -0.05) is 55.3 Å². The predicted molar refractivity (Wildman–Crippen MR) is 74.7 cm³/mol. The van der Waals surface area contributed by atoms with Gasteiger partial charge in [0.25, 0.3) is 0 Å². The molecule has 4 heteroatoms. The number of oxime groups is 1. The Morgan fingerprint density at radius 3 is 2.67 bits per heavy atom. The molecular formula is C14H23N3O. The molecule has 0 aliphatic heterocycles. The topological polar surface area (TPSA) is 70.6 Å². The zero-order valence-corrected chi connectivity index (χ0v) is 11.0. The van der Waals surface area contributed by atoms with E-state index in [2.05, 4.69) is 29.5 Å². The molecule has 1 rings (SSSR count). The summed E-state index contributed by atoms with van der Waals surface area (Å²) in [7, 11) is 0. The predicted octanol–water partition coefficient (Wildman–Crippen LogP) is 2.64. The SMILES string of the molecule is CCCCCNC(CC(N)=NO)c1ccccc1. The lowest BCUT2D eigenvalue weighted by Gasteiger charge is -2.18. The van der Waals surface area contributed by atoms with Crippen LogP contribution in [0, 0.1) is 0 Å². The Morgan fingerprint density at radius 2 is 2.06 bits per heavy atom. The minimum Gasteiger partial charge on any atom is -0.409 e. The molecule has 1 atom stereocenters. The Kier molecular flexibility index (Phi) is 6.87. The molecule has 18 heavy (non-hydrogen) atoms. The summed E-state index contributed by atoms with van der Waals surface area (Å²) in [4.78, 5) is 0. The first-order valence-corrected chi connectivity index (χ1v) is 6.52. The largest absolute Gasteiger partial charge is 0.409 e. The number of nitrogens with zero attached hydrogens (tertiary/aromatic N) is 1. The highest BCUT2D eigenvalue weighted by atomic mass is 16.4. The second-order valence-electron chi connectivity index (χ2n) is 4.42. The maximum absolute atomic E-state index is 8.68. The molecule has 0 aliphatic rings. The number of amidine groups is 1. The van der Waals surface area contributed by atoms with Gasteiger partial charge in [-0.2, -0.15) is 0 Å². The summed E-state index contributed by atoms with van der Waals surface area (Å²) in [5.41, 5.74) is 6.77. The summed E-state index contributed by atoms with van der Waals surface area (Å²) in [5, 5.41) is 15.2. The van der Waals surface area contributed by atoms with Crippen molar-refractivity contribution in [1.29, 1.82) is 0 Å². The quantitative estimate of drug-likeness (QED) is 0.218. The summed E-state index contributed by atoms with van der Waals surface area (Å²) >= 11 is 0. The highest BCUT2D eigenvalue weighted by Gasteiger charge is 2.12. The van der Waals surface area contributed by atoms with Gasteiger partial charge in [0.1, 0.15) is 5.84 Å². The number of nitrogens with two attached hydrogens (primary N) is 1. The van der Waals surface area contributed by atoms with Crippen molar-refractivity contribution >= 4 is 5.84 Å². The molecule has 4 N–H and O–H groups in total. The zero-order chi connectivity index (χ0) is 13.2. The van der Waals surface area contributed by atoms with E-state index in [0.717, 1.165) is 13.0 Å². The van der Waals surface area contributed by atoms with E-state index in [1.165, 1.54) is 18.4 Å². The van der Waals surface area contributed by atoms with Crippen LogP contribution in [-0.2, 0) is 0 Å². The van der Waals surface area contributed by atoms with Crippen LogP contribution in [0.2, 0.25) is 0 Å². The summed E-state index contributed by atoms with van der Waals surface area (Å²) < 4.78 is 0. The van der Waals surface area contributed by atoms with Crippen molar-refractivity contribution in [2.75, 3.05) is 6.54 Å². The van der Waals surface area contributed by atoms with Crippen LogP contribution in [0.15, 0.2) is 35.5 Å². The molecule has 0 heterocycles. The van der Waals surface area contributed by atoms with E-state index in [0.29, 0.717) is 6.42 Å². The Bertz CT molecular complexity index is 351. The van der Waals surface area contributed by atoms with Gasteiger partial charge < -0.3 is 16.3 Å². The third kappa shape index (κ3) is 5.19. The third-order valence-electron chi connectivity index (χ3n) is 2.91. The number of rotatable bonds is 8. The van der Waals surface area contributed by atoms with Crippen LogP contribution in [-0.4, -0.2) is 17.6 Å². The average molecular weight is 249 g/mol. The number of hydrogen-bond acceptors (Lipinski definition) is 3. The van der Waals surface area contributed by atoms with Crippen LogP contribution in [0.3, 0.4) is 0 Å². The maximum Gasteiger partial charge on any atom is 0.141 e. The number of hydrogen-bond donors (Lipinski definition) is 3. The summed E-state index contributed by atoms with van der Waals surface area (Å²) in [6.07, 6.45) is 4.10. The second kappa shape index (κ2) is 8.53. The van der Waals surface area contributed by atoms with Gasteiger partial charge in [-0.3, -0.25) is 0 Å². The molecular weight excluding hydrogens is 226 g/mol. The highest BCUT2D eigenvalue weighted by molar-refractivity contribution is 5.80. The van der Waals surface area contributed by atoms with Gasteiger partial charge in [-0.25, -0.2) is 0 Å². The Morgan fingerprint density at radius 1 is 1.33 bits per heavy atom. The van der Waals surface area contributed by atoms with Crippen LogP contribution < -0.4 is 11.1 Å². The van der Waals surface area contributed by atoms with Crippen LogP contribution in [0.1, 0.15) is 44.2 Å². The summed E-state index contributed by atoms with van der Waals surface area (Å²) in [6.45, 7) is 3.14. The van der Waals surface area contributed by atoms with E-state index in [9.17, 15) is 0 Å². The molecule has 0 fully saturated rings. The molecule has 4 nitrogen and oxygen atoms in total. The fourth-order valence-corrected chi connectivity index (χ4v) is 1.89. The molecule has 0 bridgehead atoms. The lowest BCUT2D eigenvalue weighted by Crippen LogP contribution is -2.27. The second-order valence-corrected chi connectivity index (χ2v) is 4.42. The molecule has 0 aliphatic carbocycles. The fraction of sp³-hybridized carbons (Fsp3) is 0.500. The first kappa shape index (κ1) is 14.5. The van der Waals surface area contributed by atoms with Crippen molar-refractivity contribution in [3.05, 3.63) is 35.9 Å². The molecule has 0 aromatic heterocycles. The lowest BCUT2D eigenvalue weighted by molar-refractivity contribution is 0.315. The van der Waals surface area contributed by atoms with Gasteiger partial charge in [-0.15, -0.1) is 0 Å². The highest BCUT2D eigenvalue weighted by Crippen LogP contribution is 2.16. The molecule has 0 amide bonds. The van der Waals surface area contributed by atoms with Crippen LogP contribution in [0.25, 0.3) is 0 Å². The summed E-state index contributed by atoms with van der Waals surface area (Å²) in [5.74, 6) is 0.256. The summed E-state index contributed by atoms with van der Waals surface area (Å²) in [6, 6.07) is 10.2. The number of benzene rings is 1. The first-order chi connectivity index (χ1) is 8.77. The normalized spacial score (nSPS) is 13.5. The third-order valence-corrected chi connectivity index (χ3v) is 2.91. The van der Waals surface area contributed by atoms with Gasteiger partial charge in [-0.05, 0) is 18.5 Å². The van der Waals surface area contributed by atoms with Crippen molar-refractivity contribution in [1.82, 2.24) is 5.32 Å². The van der Waals surface area contributed by atoms with E-state index in [1.807, 2.05) is 18.2 Å². The van der Waals surface area contributed by atoms with Gasteiger partial charge in [0.05, 0.1) is 0 Å². The maximum atomic E-state index is 8.68. The average Bonchev–Trinajstić information content (AvgIpc) is 2.43. The smallest absolute Gasteiger partial charge is 0.141 e. The standard InChI is InChI=1S/C14H23N3O/c1-2-3-7-10-16-13(11-14(15)17-18)12-8-5-4-6-9-12/h4-6,8-9,13,16,18H,2-3,7,10-11H2,1H3,(H2,15,17). The molecule has 0 radical (unpaired) electrons. The number of unbranched alkanes of at least 4 members (excludes halogenated alkanes) is 2. The fourth-order valence-electron chi connectivity index (χ4n) is 1.89. The Labute approximate surface area is 109 Å². The molecule has 1 unspecified atom stereocenters. The van der Waals surface area contributed by atoms with Crippen molar-refractivity contribution in [3.63, 3.8) is 0 Å².